The van der Waals surface area contributed by atoms with E-state index in [1.54, 1.807) is 26.0 Å². The lowest BCUT2D eigenvalue weighted by Gasteiger charge is -2.04. The number of ether oxygens (including phenoxy) is 1. The monoisotopic (exact) mass is 238 g/mol. The van der Waals surface area contributed by atoms with E-state index in [9.17, 15) is 9.18 Å². The third-order valence-electron chi connectivity index (χ3n) is 2.07. The first-order chi connectivity index (χ1) is 8.04. The van der Waals surface area contributed by atoms with Crippen LogP contribution in [0.1, 0.15) is 19.4 Å². The summed E-state index contributed by atoms with van der Waals surface area (Å²) in [6, 6.07) is 3.80. The zero-order chi connectivity index (χ0) is 12.8. The minimum atomic E-state index is -0.727. The Morgan fingerprint density at radius 3 is 2.88 bits per heavy atom. The fourth-order valence-electron chi connectivity index (χ4n) is 1.16. The maximum atomic E-state index is 13.3. The smallest absolute Gasteiger partial charge is 0.332 e. The Morgan fingerprint density at radius 1 is 1.53 bits per heavy atom. The van der Waals surface area contributed by atoms with Crippen molar-refractivity contribution in [2.45, 2.75) is 26.8 Å². The fraction of sp³-hybridized carbons (Fsp3) is 0.417. The van der Waals surface area contributed by atoms with Gasteiger partial charge in [0.05, 0.1) is 6.61 Å². The zero-order valence-electron chi connectivity index (χ0n) is 10.1. The molecule has 0 saturated carbocycles. The lowest BCUT2D eigenvalue weighted by molar-refractivity contribution is -0.144. The van der Waals surface area contributed by atoms with Crippen LogP contribution in [-0.4, -0.2) is 18.6 Å². The van der Waals surface area contributed by atoms with Crippen molar-refractivity contribution >= 4 is 11.7 Å². The molecule has 0 radical (unpaired) electrons. The molecule has 92 valence electrons. The summed E-state index contributed by atoms with van der Waals surface area (Å²) in [5.41, 5.74) is 1.00. The Balaban J connectivity index is 2.76. The highest BCUT2D eigenvalue weighted by atomic mass is 19.1. The van der Waals surface area contributed by atoms with Gasteiger partial charge in [0.25, 0.3) is 0 Å². The number of halogens is 1. The van der Waals surface area contributed by atoms with Gasteiger partial charge in [0.2, 0.25) is 0 Å². The molecular formula is C12H15FN2O2. The number of rotatable bonds is 4. The van der Waals surface area contributed by atoms with Gasteiger partial charge in [-0.15, -0.1) is 0 Å². The Hall–Kier alpha value is -1.78. The van der Waals surface area contributed by atoms with Gasteiger partial charge in [0.15, 0.2) is 11.9 Å². The maximum absolute atomic E-state index is 13.3. The zero-order valence-corrected chi connectivity index (χ0v) is 10.1. The van der Waals surface area contributed by atoms with Gasteiger partial charge >= 0.3 is 5.97 Å². The molecule has 0 heterocycles. The molecule has 0 aromatic heterocycles. The van der Waals surface area contributed by atoms with E-state index in [1.807, 2.05) is 6.92 Å². The van der Waals surface area contributed by atoms with Gasteiger partial charge in [-0.2, -0.15) is 10.2 Å². The van der Waals surface area contributed by atoms with Crippen LogP contribution in [0.4, 0.5) is 10.1 Å². The van der Waals surface area contributed by atoms with E-state index in [0.29, 0.717) is 0 Å². The maximum Gasteiger partial charge on any atom is 0.332 e. The van der Waals surface area contributed by atoms with Gasteiger partial charge in [0, 0.05) is 0 Å². The topological polar surface area (TPSA) is 51.0 Å². The lowest BCUT2D eigenvalue weighted by atomic mass is 10.2. The number of esters is 1. The first-order valence-corrected chi connectivity index (χ1v) is 5.38. The third-order valence-corrected chi connectivity index (χ3v) is 2.07. The molecule has 1 aromatic carbocycles. The van der Waals surface area contributed by atoms with Crippen molar-refractivity contribution in [2.75, 3.05) is 6.61 Å². The van der Waals surface area contributed by atoms with Gasteiger partial charge in [-0.05, 0) is 38.5 Å². The van der Waals surface area contributed by atoms with Crippen molar-refractivity contribution in [3.8, 4) is 0 Å². The second-order valence-corrected chi connectivity index (χ2v) is 3.60. The molecule has 0 amide bonds. The normalized spacial score (nSPS) is 12.7. The molecule has 17 heavy (non-hydrogen) atoms. The summed E-state index contributed by atoms with van der Waals surface area (Å²) in [5.74, 6) is -0.931. The third kappa shape index (κ3) is 3.94. The minimum absolute atomic E-state index is 0.126. The summed E-state index contributed by atoms with van der Waals surface area (Å²) in [5, 5.41) is 7.44. The lowest BCUT2D eigenvalue weighted by Crippen LogP contribution is -2.17. The van der Waals surface area contributed by atoms with Gasteiger partial charge in [0.1, 0.15) is 5.69 Å². The summed E-state index contributed by atoms with van der Waals surface area (Å²) >= 11 is 0. The van der Waals surface area contributed by atoms with Crippen LogP contribution in [-0.2, 0) is 9.53 Å². The van der Waals surface area contributed by atoms with Crippen LogP contribution >= 0.6 is 0 Å². The number of benzene rings is 1. The van der Waals surface area contributed by atoms with Crippen LogP contribution in [0.25, 0.3) is 0 Å². The molecule has 1 atom stereocenters. The Kier molecular flexibility index (Phi) is 4.75. The Bertz CT molecular complexity index is 433. The number of hydrogen-bond acceptors (Lipinski definition) is 4. The molecule has 1 unspecified atom stereocenters. The van der Waals surface area contributed by atoms with E-state index in [1.165, 1.54) is 6.07 Å². The van der Waals surface area contributed by atoms with E-state index in [2.05, 4.69) is 10.2 Å². The van der Waals surface area contributed by atoms with E-state index in [-0.39, 0.29) is 12.3 Å². The SMILES string of the molecule is CCOC(=O)C(C)N=Nc1cc(C)ccc1F. The highest BCUT2D eigenvalue weighted by molar-refractivity contribution is 5.75. The van der Waals surface area contributed by atoms with E-state index in [0.717, 1.165) is 5.56 Å². The van der Waals surface area contributed by atoms with Crippen molar-refractivity contribution < 1.29 is 13.9 Å². The number of carbonyl (C=O) groups is 1. The molecule has 0 aliphatic carbocycles. The Morgan fingerprint density at radius 2 is 2.24 bits per heavy atom. The predicted molar refractivity (Wildman–Crippen MR) is 61.7 cm³/mol. The van der Waals surface area contributed by atoms with Crippen molar-refractivity contribution in [3.05, 3.63) is 29.6 Å². The van der Waals surface area contributed by atoms with Crippen LogP contribution in [0, 0.1) is 12.7 Å². The van der Waals surface area contributed by atoms with Crippen LogP contribution < -0.4 is 0 Å². The highest BCUT2D eigenvalue weighted by Gasteiger charge is 2.12. The molecule has 4 nitrogen and oxygen atoms in total. The number of hydrogen-bond donors (Lipinski definition) is 0. The average molecular weight is 238 g/mol. The number of carbonyl (C=O) groups excluding carboxylic acids is 1. The first-order valence-electron chi connectivity index (χ1n) is 5.38. The summed E-state index contributed by atoms with van der Waals surface area (Å²) < 4.78 is 18.1. The van der Waals surface area contributed by atoms with Crippen LogP contribution in [0.15, 0.2) is 28.4 Å². The van der Waals surface area contributed by atoms with E-state index < -0.39 is 17.8 Å². The molecule has 5 heteroatoms. The quantitative estimate of drug-likeness (QED) is 0.597. The van der Waals surface area contributed by atoms with Crippen LogP contribution in [0.2, 0.25) is 0 Å². The number of azo groups is 1. The molecule has 0 N–H and O–H groups in total. The summed E-state index contributed by atoms with van der Waals surface area (Å²) in [6.07, 6.45) is 0. The van der Waals surface area contributed by atoms with Crippen molar-refractivity contribution in [3.63, 3.8) is 0 Å². The van der Waals surface area contributed by atoms with Gasteiger partial charge in [-0.1, -0.05) is 6.07 Å². The molecule has 0 bridgehead atoms. The molecule has 1 aromatic rings. The van der Waals surface area contributed by atoms with Gasteiger partial charge < -0.3 is 4.74 Å². The molecule has 0 aliphatic heterocycles. The second kappa shape index (κ2) is 6.08. The fourth-order valence-corrected chi connectivity index (χ4v) is 1.16. The summed E-state index contributed by atoms with van der Waals surface area (Å²) in [7, 11) is 0. The molecular weight excluding hydrogens is 223 g/mol. The van der Waals surface area contributed by atoms with Crippen molar-refractivity contribution in [1.29, 1.82) is 0 Å². The molecule has 0 fully saturated rings. The van der Waals surface area contributed by atoms with E-state index in [4.69, 9.17) is 4.74 Å². The first kappa shape index (κ1) is 13.3. The molecule has 0 spiro atoms. The highest BCUT2D eigenvalue weighted by Crippen LogP contribution is 2.19. The predicted octanol–water partition coefficient (Wildman–Crippen LogP) is 3.17. The van der Waals surface area contributed by atoms with E-state index >= 15 is 0 Å². The van der Waals surface area contributed by atoms with Crippen molar-refractivity contribution in [1.82, 2.24) is 0 Å². The largest absolute Gasteiger partial charge is 0.464 e. The molecule has 1 rings (SSSR count). The summed E-state index contributed by atoms with van der Waals surface area (Å²) in [4.78, 5) is 11.2. The molecule has 0 saturated heterocycles. The number of nitrogens with zero attached hydrogens (tertiary/aromatic N) is 2. The van der Waals surface area contributed by atoms with Gasteiger partial charge in [-0.25, -0.2) is 9.18 Å². The minimum Gasteiger partial charge on any atom is -0.464 e. The summed E-state index contributed by atoms with van der Waals surface area (Å²) in [6.45, 7) is 5.38. The van der Waals surface area contributed by atoms with Gasteiger partial charge in [-0.3, -0.25) is 0 Å². The standard InChI is InChI=1S/C12H15FN2O2/c1-4-17-12(16)9(3)14-15-11-7-8(2)5-6-10(11)13/h5-7,9H,4H2,1-3H3. The number of aryl methyl sites for hydroxylation is 1. The van der Waals surface area contributed by atoms with Crippen molar-refractivity contribution in [2.24, 2.45) is 10.2 Å². The average Bonchev–Trinajstić information content (AvgIpc) is 2.30. The van der Waals surface area contributed by atoms with Crippen LogP contribution in [0.5, 0.6) is 0 Å². The van der Waals surface area contributed by atoms with Crippen LogP contribution in [0.3, 0.4) is 0 Å². The second-order valence-electron chi connectivity index (χ2n) is 3.60. The molecule has 0 aliphatic rings. The Labute approximate surface area is 99.5 Å².